The molecule has 0 aliphatic carbocycles. The molecule has 0 heterocycles. The summed E-state index contributed by atoms with van der Waals surface area (Å²) in [6.45, 7) is 7.52. The molecule has 0 spiro atoms. The minimum absolute atomic E-state index is 0.0129. The van der Waals surface area contributed by atoms with E-state index in [4.69, 9.17) is 4.74 Å². The molecule has 1 amide bonds. The smallest absolute Gasteiger partial charge is 0.308 e. The Bertz CT molecular complexity index is 269. The molecule has 0 saturated heterocycles. The van der Waals surface area contributed by atoms with Crippen LogP contribution >= 0.6 is 0 Å². The molecule has 0 saturated carbocycles. The average Bonchev–Trinajstić information content (AvgIpc) is 2.32. The first-order valence-electron chi connectivity index (χ1n) is 6.76. The van der Waals surface area contributed by atoms with E-state index in [0.29, 0.717) is 32.0 Å². The van der Waals surface area contributed by atoms with Crippen molar-refractivity contribution >= 4 is 11.9 Å². The lowest BCUT2D eigenvalue weighted by Crippen LogP contribution is -2.33. The second-order valence-corrected chi connectivity index (χ2v) is 4.82. The van der Waals surface area contributed by atoms with Crippen LogP contribution < -0.4 is 10.6 Å². The summed E-state index contributed by atoms with van der Waals surface area (Å²) in [6.07, 6.45) is -0.447. The topological polar surface area (TPSA) is 87.7 Å². The quantitative estimate of drug-likeness (QED) is 0.387. The molecule has 0 aromatic carbocycles. The maximum absolute atomic E-state index is 11.4. The third kappa shape index (κ3) is 11.7. The molecule has 19 heavy (non-hydrogen) atoms. The number of amides is 1. The van der Waals surface area contributed by atoms with Crippen LogP contribution in [0.2, 0.25) is 0 Å². The maximum atomic E-state index is 11.4. The lowest BCUT2D eigenvalue weighted by atomic mass is 10.2. The highest BCUT2D eigenvalue weighted by Gasteiger charge is 2.11. The molecule has 0 fully saturated rings. The molecule has 0 radical (unpaired) electrons. The first kappa shape index (κ1) is 17.9. The molecular weight excluding hydrogens is 248 g/mol. The molecule has 0 rings (SSSR count). The third-order valence-corrected chi connectivity index (χ3v) is 2.32. The summed E-state index contributed by atoms with van der Waals surface area (Å²) < 4.78 is 4.72. The van der Waals surface area contributed by atoms with E-state index in [9.17, 15) is 14.7 Å². The molecular formula is C13H26N2O4. The fourth-order valence-electron chi connectivity index (χ4n) is 1.36. The highest BCUT2D eigenvalue weighted by Crippen LogP contribution is 1.94. The molecule has 1 unspecified atom stereocenters. The summed E-state index contributed by atoms with van der Waals surface area (Å²) in [5.74, 6) is 0.0101. The lowest BCUT2D eigenvalue weighted by Gasteiger charge is -2.11. The predicted molar refractivity (Wildman–Crippen MR) is 72.6 cm³/mol. The van der Waals surface area contributed by atoms with Gasteiger partial charge in [0.1, 0.15) is 0 Å². The van der Waals surface area contributed by atoms with Gasteiger partial charge in [-0.05, 0) is 12.8 Å². The number of ether oxygens (including phenoxy) is 1. The van der Waals surface area contributed by atoms with Crippen molar-refractivity contribution in [2.75, 3.05) is 26.2 Å². The Morgan fingerprint density at radius 1 is 1.26 bits per heavy atom. The van der Waals surface area contributed by atoms with Crippen LogP contribution in [0.1, 0.15) is 33.6 Å². The van der Waals surface area contributed by atoms with Gasteiger partial charge in [0.15, 0.2) is 0 Å². The van der Waals surface area contributed by atoms with Gasteiger partial charge < -0.3 is 20.5 Å². The monoisotopic (exact) mass is 274 g/mol. The number of carbonyl (C=O) groups excluding carboxylic acids is 2. The van der Waals surface area contributed by atoms with Gasteiger partial charge in [0.25, 0.3) is 0 Å². The molecule has 0 aliphatic heterocycles. The number of aliphatic hydroxyl groups is 1. The fourth-order valence-corrected chi connectivity index (χ4v) is 1.36. The molecule has 112 valence electrons. The van der Waals surface area contributed by atoms with Crippen LogP contribution in [0.4, 0.5) is 0 Å². The summed E-state index contributed by atoms with van der Waals surface area (Å²) in [4.78, 5) is 22.4. The van der Waals surface area contributed by atoms with Crippen molar-refractivity contribution in [1.29, 1.82) is 0 Å². The summed E-state index contributed by atoms with van der Waals surface area (Å²) in [7, 11) is 0. The Morgan fingerprint density at radius 2 is 1.95 bits per heavy atom. The van der Waals surface area contributed by atoms with Gasteiger partial charge in [-0.15, -0.1) is 0 Å². The number of hydrogen-bond donors (Lipinski definition) is 3. The van der Waals surface area contributed by atoms with Crippen LogP contribution in [0, 0.1) is 5.92 Å². The number of esters is 1. The normalized spacial score (nSPS) is 12.3. The first-order chi connectivity index (χ1) is 8.95. The Labute approximate surface area is 114 Å². The molecule has 0 aromatic rings. The Hall–Kier alpha value is -1.14. The SMILES string of the molecule is CCOC(=O)CC(O)CNCCC(=O)NCC(C)C. The van der Waals surface area contributed by atoms with Gasteiger partial charge >= 0.3 is 5.97 Å². The Morgan fingerprint density at radius 3 is 2.53 bits per heavy atom. The minimum Gasteiger partial charge on any atom is -0.466 e. The molecule has 0 aliphatic rings. The van der Waals surface area contributed by atoms with Crippen molar-refractivity contribution in [3.05, 3.63) is 0 Å². The van der Waals surface area contributed by atoms with E-state index >= 15 is 0 Å². The Balaban J connectivity index is 3.52. The van der Waals surface area contributed by atoms with Crippen LogP contribution in [0.25, 0.3) is 0 Å². The number of nitrogens with one attached hydrogen (secondary N) is 2. The van der Waals surface area contributed by atoms with Crippen molar-refractivity contribution < 1.29 is 19.4 Å². The van der Waals surface area contributed by atoms with Gasteiger partial charge in [0, 0.05) is 26.1 Å². The molecule has 0 bridgehead atoms. The van der Waals surface area contributed by atoms with E-state index < -0.39 is 12.1 Å². The maximum Gasteiger partial charge on any atom is 0.308 e. The molecule has 6 heteroatoms. The summed E-state index contributed by atoms with van der Waals surface area (Å²) in [6, 6.07) is 0. The molecule has 3 N–H and O–H groups in total. The van der Waals surface area contributed by atoms with Gasteiger partial charge in [-0.2, -0.15) is 0 Å². The Kier molecular flexibility index (Phi) is 10.1. The lowest BCUT2D eigenvalue weighted by molar-refractivity contribution is -0.145. The van der Waals surface area contributed by atoms with Crippen molar-refractivity contribution in [1.82, 2.24) is 10.6 Å². The van der Waals surface area contributed by atoms with Crippen LogP contribution in [0.15, 0.2) is 0 Å². The van der Waals surface area contributed by atoms with E-state index in [-0.39, 0.29) is 18.9 Å². The van der Waals surface area contributed by atoms with Crippen LogP contribution in [0.5, 0.6) is 0 Å². The van der Waals surface area contributed by atoms with E-state index in [1.165, 1.54) is 0 Å². The minimum atomic E-state index is -0.780. The van der Waals surface area contributed by atoms with Crippen molar-refractivity contribution in [2.24, 2.45) is 5.92 Å². The van der Waals surface area contributed by atoms with Gasteiger partial charge in [-0.3, -0.25) is 9.59 Å². The zero-order chi connectivity index (χ0) is 14.7. The number of hydrogen-bond acceptors (Lipinski definition) is 5. The summed E-state index contributed by atoms with van der Waals surface area (Å²) in [5, 5.41) is 15.3. The van der Waals surface area contributed by atoms with Crippen molar-refractivity contribution in [2.45, 2.75) is 39.7 Å². The predicted octanol–water partition coefficient (Wildman–Crippen LogP) is 0.0524. The number of rotatable bonds is 10. The second-order valence-electron chi connectivity index (χ2n) is 4.82. The highest BCUT2D eigenvalue weighted by atomic mass is 16.5. The van der Waals surface area contributed by atoms with Gasteiger partial charge in [0.05, 0.1) is 19.1 Å². The van der Waals surface area contributed by atoms with Gasteiger partial charge in [-0.1, -0.05) is 13.8 Å². The summed E-state index contributed by atoms with van der Waals surface area (Å²) >= 11 is 0. The summed E-state index contributed by atoms with van der Waals surface area (Å²) in [5.41, 5.74) is 0. The van der Waals surface area contributed by atoms with E-state index in [2.05, 4.69) is 10.6 Å². The standard InChI is InChI=1S/C13H26N2O4/c1-4-19-13(18)7-11(16)9-14-6-5-12(17)15-8-10(2)3/h10-11,14,16H,4-9H2,1-3H3,(H,15,17). The fraction of sp³-hybridized carbons (Fsp3) is 0.846. The van der Waals surface area contributed by atoms with E-state index in [0.717, 1.165) is 0 Å². The molecule has 6 nitrogen and oxygen atoms in total. The van der Waals surface area contributed by atoms with Crippen LogP contribution in [0.3, 0.4) is 0 Å². The average molecular weight is 274 g/mol. The number of aliphatic hydroxyl groups excluding tert-OH is 1. The third-order valence-electron chi connectivity index (χ3n) is 2.32. The highest BCUT2D eigenvalue weighted by molar-refractivity contribution is 5.76. The zero-order valence-corrected chi connectivity index (χ0v) is 12.1. The van der Waals surface area contributed by atoms with E-state index in [1.54, 1.807) is 6.92 Å². The van der Waals surface area contributed by atoms with Gasteiger partial charge in [0.2, 0.25) is 5.91 Å². The zero-order valence-electron chi connectivity index (χ0n) is 12.1. The van der Waals surface area contributed by atoms with Crippen molar-refractivity contribution in [3.8, 4) is 0 Å². The van der Waals surface area contributed by atoms with Crippen LogP contribution in [-0.2, 0) is 14.3 Å². The van der Waals surface area contributed by atoms with Crippen LogP contribution in [-0.4, -0.2) is 49.3 Å². The number of carbonyl (C=O) groups is 2. The molecule has 0 aromatic heterocycles. The second kappa shape index (κ2) is 10.8. The van der Waals surface area contributed by atoms with E-state index in [1.807, 2.05) is 13.8 Å². The first-order valence-corrected chi connectivity index (χ1v) is 6.76. The molecule has 1 atom stereocenters. The van der Waals surface area contributed by atoms with Gasteiger partial charge in [-0.25, -0.2) is 0 Å². The van der Waals surface area contributed by atoms with Crippen molar-refractivity contribution in [3.63, 3.8) is 0 Å². The largest absolute Gasteiger partial charge is 0.466 e.